The van der Waals surface area contributed by atoms with Gasteiger partial charge in [-0.05, 0) is 39.8 Å². The first-order valence-electron chi connectivity index (χ1n) is 6.54. The number of hydrogen-bond acceptors (Lipinski definition) is 3. The molecular weight excluding hydrogens is 250 g/mol. The highest BCUT2D eigenvalue weighted by Crippen LogP contribution is 2.00. The van der Waals surface area contributed by atoms with E-state index >= 15 is 0 Å². The largest absolute Gasteiger partial charge is 0.379 e. The lowest BCUT2D eigenvalue weighted by Gasteiger charge is -2.13. The Morgan fingerprint density at radius 2 is 1.90 bits per heavy atom. The molecule has 0 aliphatic rings. The molecule has 0 saturated carbocycles. The van der Waals surface area contributed by atoms with Gasteiger partial charge < -0.3 is 10.6 Å². The molecule has 20 heavy (non-hydrogen) atoms. The molecule has 0 spiro atoms. The molecule has 0 bridgehead atoms. The second-order valence-corrected chi connectivity index (χ2v) is 4.51. The molecule has 0 aromatic rings. The molecule has 0 heterocycles. The topological polar surface area (TPSA) is 53.5 Å². The first-order chi connectivity index (χ1) is 9.38. The number of aliphatic imine (C=N–C) groups is 1. The summed E-state index contributed by atoms with van der Waals surface area (Å²) in [6.45, 7) is 11.6. The lowest BCUT2D eigenvalue weighted by atomic mass is 10.2. The van der Waals surface area contributed by atoms with E-state index in [2.05, 4.69) is 22.2 Å². The van der Waals surface area contributed by atoms with Gasteiger partial charge in [0.05, 0.1) is 12.4 Å². The number of carbonyl (C=O) groups excluding carboxylic acids is 1. The van der Waals surface area contributed by atoms with E-state index in [1.165, 1.54) is 6.92 Å². The van der Waals surface area contributed by atoms with Crippen LogP contribution in [-0.2, 0) is 4.79 Å². The van der Waals surface area contributed by atoms with Crippen molar-refractivity contribution in [3.05, 3.63) is 47.9 Å². The van der Waals surface area contributed by atoms with E-state index in [9.17, 15) is 4.79 Å². The van der Waals surface area contributed by atoms with Crippen molar-refractivity contribution < 1.29 is 4.79 Å². The van der Waals surface area contributed by atoms with Crippen molar-refractivity contribution in [3.63, 3.8) is 0 Å². The Morgan fingerprint density at radius 3 is 2.35 bits per heavy atom. The minimum Gasteiger partial charge on any atom is -0.379 e. The van der Waals surface area contributed by atoms with Crippen molar-refractivity contribution >= 4 is 11.6 Å². The van der Waals surface area contributed by atoms with Crippen LogP contribution in [0.5, 0.6) is 0 Å². The molecule has 0 fully saturated rings. The zero-order valence-corrected chi connectivity index (χ0v) is 13.1. The van der Waals surface area contributed by atoms with Crippen LogP contribution in [0.4, 0.5) is 0 Å². The van der Waals surface area contributed by atoms with Gasteiger partial charge in [-0.25, -0.2) is 0 Å². The second-order valence-electron chi connectivity index (χ2n) is 4.51. The Bertz CT molecular complexity index is 468. The predicted molar refractivity (Wildman–Crippen MR) is 86.6 cm³/mol. The average molecular weight is 275 g/mol. The van der Waals surface area contributed by atoms with Crippen molar-refractivity contribution in [2.45, 2.75) is 27.7 Å². The van der Waals surface area contributed by atoms with Gasteiger partial charge in [-0.15, -0.1) is 0 Å². The standard InChI is InChI=1S/C16H25N3O/c1-7-8-15(9-12(2)3)18-11-16(10-13(4)20)19-14(5)17-6/h7-10,18H,2,11H2,1,3-6H3,(H,17,19)/b8-7?,15-9+,16-10-. The maximum Gasteiger partial charge on any atom is 0.154 e. The minimum absolute atomic E-state index is 0.00494. The number of hydrogen-bond donors (Lipinski definition) is 2. The SMILES string of the molecule is C=C(C)/C=C(\C=CC)NC/C(=C/C(C)=O)NC(C)=NC. The van der Waals surface area contributed by atoms with E-state index in [1.54, 1.807) is 13.1 Å². The van der Waals surface area contributed by atoms with Gasteiger partial charge in [0, 0.05) is 24.5 Å². The monoisotopic (exact) mass is 275 g/mol. The first kappa shape index (κ1) is 17.9. The quantitative estimate of drug-likeness (QED) is 0.325. The minimum atomic E-state index is -0.00494. The normalized spacial score (nSPS) is 13.6. The molecule has 0 aromatic heterocycles. The molecule has 4 heteroatoms. The molecular formula is C16H25N3O. The molecule has 0 saturated heterocycles. The molecule has 0 unspecified atom stereocenters. The molecule has 0 radical (unpaired) electrons. The van der Waals surface area contributed by atoms with Crippen LogP contribution in [0.25, 0.3) is 0 Å². The van der Waals surface area contributed by atoms with Gasteiger partial charge in [-0.2, -0.15) is 0 Å². The molecule has 4 nitrogen and oxygen atoms in total. The van der Waals surface area contributed by atoms with Gasteiger partial charge in [0.25, 0.3) is 0 Å². The van der Waals surface area contributed by atoms with Crippen LogP contribution >= 0.6 is 0 Å². The number of nitrogens with one attached hydrogen (secondary N) is 2. The summed E-state index contributed by atoms with van der Waals surface area (Å²) < 4.78 is 0. The Hall–Kier alpha value is -2.10. The van der Waals surface area contributed by atoms with Crippen molar-refractivity contribution in [1.82, 2.24) is 10.6 Å². The van der Waals surface area contributed by atoms with Crippen LogP contribution in [0.1, 0.15) is 27.7 Å². The van der Waals surface area contributed by atoms with Crippen molar-refractivity contribution in [2.75, 3.05) is 13.6 Å². The van der Waals surface area contributed by atoms with E-state index in [-0.39, 0.29) is 5.78 Å². The third-order valence-corrected chi connectivity index (χ3v) is 2.29. The van der Waals surface area contributed by atoms with Crippen molar-refractivity contribution in [3.8, 4) is 0 Å². The summed E-state index contributed by atoms with van der Waals surface area (Å²) in [5, 5.41) is 6.37. The third kappa shape index (κ3) is 8.91. The molecule has 0 atom stereocenters. The highest BCUT2D eigenvalue weighted by Gasteiger charge is 2.01. The zero-order chi connectivity index (χ0) is 15.5. The summed E-state index contributed by atoms with van der Waals surface area (Å²) in [5.41, 5.74) is 2.68. The fourth-order valence-corrected chi connectivity index (χ4v) is 1.47. The summed E-state index contributed by atoms with van der Waals surface area (Å²) in [6.07, 6.45) is 7.42. The highest BCUT2D eigenvalue weighted by atomic mass is 16.1. The number of nitrogens with zero attached hydrogens (tertiary/aromatic N) is 1. The van der Waals surface area contributed by atoms with E-state index in [0.717, 1.165) is 22.8 Å². The molecule has 0 rings (SSSR count). The van der Waals surface area contributed by atoms with Crippen molar-refractivity contribution in [1.29, 1.82) is 0 Å². The van der Waals surface area contributed by atoms with Crippen LogP contribution < -0.4 is 10.6 Å². The lowest BCUT2D eigenvalue weighted by molar-refractivity contribution is -0.112. The summed E-state index contributed by atoms with van der Waals surface area (Å²) >= 11 is 0. The van der Waals surface area contributed by atoms with Gasteiger partial charge >= 0.3 is 0 Å². The Labute approximate surface area is 122 Å². The number of carbonyl (C=O) groups is 1. The maximum atomic E-state index is 11.2. The summed E-state index contributed by atoms with van der Waals surface area (Å²) in [6, 6.07) is 0. The van der Waals surface area contributed by atoms with Crippen LogP contribution in [0, 0.1) is 0 Å². The van der Waals surface area contributed by atoms with Gasteiger partial charge in [0.1, 0.15) is 0 Å². The van der Waals surface area contributed by atoms with E-state index in [4.69, 9.17) is 0 Å². The van der Waals surface area contributed by atoms with Gasteiger partial charge in [0.15, 0.2) is 5.78 Å². The fraction of sp³-hybridized carbons (Fsp3) is 0.375. The van der Waals surface area contributed by atoms with Gasteiger partial charge in [-0.1, -0.05) is 18.2 Å². The Kier molecular flexibility index (Phi) is 8.75. The van der Waals surface area contributed by atoms with E-state index in [0.29, 0.717) is 6.54 Å². The summed E-state index contributed by atoms with van der Waals surface area (Å²) in [4.78, 5) is 15.3. The van der Waals surface area contributed by atoms with E-state index < -0.39 is 0 Å². The highest BCUT2D eigenvalue weighted by molar-refractivity contribution is 5.89. The van der Waals surface area contributed by atoms with E-state index in [1.807, 2.05) is 39.0 Å². The number of rotatable bonds is 7. The predicted octanol–water partition coefficient (Wildman–Crippen LogP) is 2.72. The number of allylic oxidation sites excluding steroid dienone is 5. The van der Waals surface area contributed by atoms with Gasteiger partial charge in [0.2, 0.25) is 0 Å². The molecule has 110 valence electrons. The average Bonchev–Trinajstić information content (AvgIpc) is 2.34. The number of ketones is 1. The zero-order valence-electron chi connectivity index (χ0n) is 13.1. The number of amidine groups is 1. The first-order valence-corrected chi connectivity index (χ1v) is 6.54. The molecule has 0 amide bonds. The summed E-state index contributed by atoms with van der Waals surface area (Å²) in [5.74, 6) is 0.755. The molecule has 2 N–H and O–H groups in total. The molecule has 0 aromatic carbocycles. The van der Waals surface area contributed by atoms with Crippen molar-refractivity contribution in [2.24, 2.45) is 4.99 Å². The smallest absolute Gasteiger partial charge is 0.154 e. The summed E-state index contributed by atoms with van der Waals surface area (Å²) in [7, 11) is 1.70. The fourth-order valence-electron chi connectivity index (χ4n) is 1.47. The third-order valence-electron chi connectivity index (χ3n) is 2.29. The second kappa shape index (κ2) is 9.78. The van der Waals surface area contributed by atoms with Crippen LogP contribution in [0.3, 0.4) is 0 Å². The lowest BCUT2D eigenvalue weighted by Crippen LogP contribution is -2.28. The molecule has 0 aliphatic heterocycles. The Balaban J connectivity index is 4.91. The van der Waals surface area contributed by atoms with Crippen LogP contribution in [0.2, 0.25) is 0 Å². The Morgan fingerprint density at radius 1 is 1.25 bits per heavy atom. The van der Waals surface area contributed by atoms with Crippen LogP contribution in [-0.4, -0.2) is 25.2 Å². The maximum absolute atomic E-state index is 11.2. The van der Waals surface area contributed by atoms with Crippen LogP contribution in [0.15, 0.2) is 52.8 Å². The van der Waals surface area contributed by atoms with Gasteiger partial charge in [-0.3, -0.25) is 9.79 Å². The molecule has 0 aliphatic carbocycles.